The normalized spacial score (nSPS) is 23.9. The lowest BCUT2D eigenvalue weighted by Gasteiger charge is -2.43. The van der Waals surface area contributed by atoms with Crippen LogP contribution in [0.5, 0.6) is 0 Å². The molecule has 1 aliphatic rings. The highest BCUT2D eigenvalue weighted by Gasteiger charge is 2.48. The van der Waals surface area contributed by atoms with Gasteiger partial charge in [0.15, 0.2) is 0 Å². The molecule has 1 aromatic carbocycles. The molecule has 0 spiro atoms. The van der Waals surface area contributed by atoms with Gasteiger partial charge in [-0.15, -0.1) is 11.6 Å². The first kappa shape index (κ1) is 12.9. The van der Waals surface area contributed by atoms with Crippen LogP contribution >= 0.6 is 30.0 Å². The number of amides is 1. The lowest BCUT2D eigenvalue weighted by Crippen LogP contribution is -2.46. The molecular weight excluding hydrogens is 282 g/mol. The van der Waals surface area contributed by atoms with E-state index in [1.807, 2.05) is 0 Å². The number of fused-ring (bicyclic) bond motifs is 1. The molecule has 1 aromatic rings. The fourth-order valence-corrected chi connectivity index (χ4v) is 4.19. The zero-order valence-electron chi connectivity index (χ0n) is 9.14. The van der Waals surface area contributed by atoms with Crippen molar-refractivity contribution in [3.63, 3.8) is 0 Å². The van der Waals surface area contributed by atoms with Gasteiger partial charge in [0.05, 0.1) is 17.8 Å². The van der Waals surface area contributed by atoms with Crippen molar-refractivity contribution in [2.45, 2.75) is 0 Å². The van der Waals surface area contributed by atoms with Crippen molar-refractivity contribution in [3.05, 3.63) is 29.8 Å². The monoisotopic (exact) mass is 292 g/mol. The molecule has 0 radical (unpaired) electrons. The van der Waals surface area contributed by atoms with E-state index < -0.39 is 7.14 Å². The molecular formula is C10H11Cl2N2O2P. The zero-order valence-corrected chi connectivity index (χ0v) is 11.5. The topological polar surface area (TPSA) is 46.6 Å². The molecule has 0 N–H and O–H groups in total. The number of hydrogen-bond donors (Lipinski definition) is 0. The van der Waals surface area contributed by atoms with Crippen molar-refractivity contribution in [2.75, 3.05) is 24.1 Å². The van der Waals surface area contributed by atoms with Crippen molar-refractivity contribution in [1.29, 1.82) is 0 Å². The number of rotatable bonds is 2. The van der Waals surface area contributed by atoms with Crippen LogP contribution in [-0.2, 0) is 0 Å². The first-order valence-corrected chi connectivity index (χ1v) is 8.06. The van der Waals surface area contributed by atoms with Crippen LogP contribution in [0.3, 0.4) is 0 Å². The van der Waals surface area contributed by atoms with Gasteiger partial charge in [-0.3, -0.25) is 4.79 Å². The number of para-hydroxylation sites is 1. The van der Waals surface area contributed by atoms with E-state index >= 15 is 0 Å². The average Bonchev–Trinajstić information content (AvgIpc) is 2.32. The van der Waals surface area contributed by atoms with Gasteiger partial charge in [0, 0.05) is 12.9 Å². The Hall–Kier alpha value is -0.540. The number of nitrogens with zero attached hydrogens (tertiary/aromatic N) is 2. The highest BCUT2D eigenvalue weighted by Crippen LogP contribution is 2.65. The van der Waals surface area contributed by atoms with Crippen LogP contribution in [0, 0.1) is 0 Å². The minimum absolute atomic E-state index is 0.167. The van der Waals surface area contributed by atoms with Gasteiger partial charge in [0.2, 0.25) is 0 Å². The van der Waals surface area contributed by atoms with E-state index in [1.165, 1.54) is 4.67 Å². The second kappa shape index (κ2) is 4.62. The molecule has 0 aliphatic carbocycles. The molecule has 0 bridgehead atoms. The summed E-state index contributed by atoms with van der Waals surface area (Å²) in [6, 6.07) is 6.94. The first-order chi connectivity index (χ1) is 8.00. The highest BCUT2D eigenvalue weighted by atomic mass is 35.7. The number of halogens is 2. The maximum Gasteiger partial charge on any atom is 0.290 e. The Bertz CT molecular complexity index is 456. The molecule has 1 amide bonds. The zero-order chi connectivity index (χ0) is 12.6. The Morgan fingerprint density at radius 1 is 1.41 bits per heavy atom. The number of carbonyl (C=O) groups is 1. The maximum absolute atomic E-state index is 12.4. The Labute approximate surface area is 110 Å². The number of alkyl halides is 1. The summed E-state index contributed by atoms with van der Waals surface area (Å²) >= 11 is 11.6. The van der Waals surface area contributed by atoms with Crippen molar-refractivity contribution >= 4 is 41.6 Å². The quantitative estimate of drug-likeness (QED) is 0.619. The lowest BCUT2D eigenvalue weighted by molar-refractivity contribution is -0.173. The van der Waals surface area contributed by atoms with Gasteiger partial charge < -0.3 is 4.89 Å². The van der Waals surface area contributed by atoms with E-state index in [9.17, 15) is 9.69 Å². The predicted molar refractivity (Wildman–Crippen MR) is 69.4 cm³/mol. The minimum Gasteiger partial charge on any atom is -0.628 e. The molecule has 0 fully saturated rings. The Balaban J connectivity index is 2.53. The molecule has 1 atom stereocenters. The largest absolute Gasteiger partial charge is 0.628 e. The van der Waals surface area contributed by atoms with Crippen LogP contribution in [0.15, 0.2) is 24.3 Å². The molecule has 0 saturated carbocycles. The molecule has 4 nitrogen and oxygen atoms in total. The van der Waals surface area contributed by atoms with Crippen LogP contribution in [0.1, 0.15) is 10.4 Å². The Kier molecular flexibility index (Phi) is 3.50. The van der Waals surface area contributed by atoms with E-state index in [4.69, 9.17) is 22.8 Å². The number of hydrogen-bond acceptors (Lipinski definition) is 3. The standard InChI is InChI=1S/C10H11Cl2N2O2P/c1-13-9-5-3-2-4-8(9)10(15)14(7-6-11)17(13,12)16/h2-5H,6-7H2,1H3. The lowest BCUT2D eigenvalue weighted by atomic mass is 10.1. The third kappa shape index (κ3) is 2.00. The summed E-state index contributed by atoms with van der Waals surface area (Å²) in [5.41, 5.74) is 1.08. The predicted octanol–water partition coefficient (Wildman–Crippen LogP) is 2.09. The average molecular weight is 293 g/mol. The van der Waals surface area contributed by atoms with Gasteiger partial charge in [0.1, 0.15) is 11.2 Å². The van der Waals surface area contributed by atoms with Gasteiger partial charge in [0.25, 0.3) is 13.1 Å². The molecule has 1 heterocycles. The number of carbonyl (C=O) groups excluding carboxylic acids is 1. The fourth-order valence-electron chi connectivity index (χ4n) is 1.79. The molecule has 1 aliphatic heterocycles. The summed E-state index contributed by atoms with van der Waals surface area (Å²) in [4.78, 5) is 24.5. The van der Waals surface area contributed by atoms with Gasteiger partial charge >= 0.3 is 0 Å². The molecule has 0 aromatic heterocycles. The minimum atomic E-state index is -3.39. The van der Waals surface area contributed by atoms with E-state index in [1.54, 1.807) is 31.3 Å². The maximum atomic E-state index is 12.4. The van der Waals surface area contributed by atoms with Crippen molar-refractivity contribution in [3.8, 4) is 0 Å². The molecule has 2 rings (SSSR count). The third-order valence-corrected chi connectivity index (χ3v) is 6.01. The number of anilines is 1. The highest BCUT2D eigenvalue weighted by molar-refractivity contribution is 7.93. The van der Waals surface area contributed by atoms with Crippen LogP contribution in [0.4, 0.5) is 5.69 Å². The van der Waals surface area contributed by atoms with Gasteiger partial charge in [-0.2, -0.15) is 4.67 Å². The van der Waals surface area contributed by atoms with Crippen LogP contribution < -0.4 is 9.56 Å². The van der Waals surface area contributed by atoms with Gasteiger partial charge in [-0.1, -0.05) is 12.1 Å². The Morgan fingerprint density at radius 3 is 2.71 bits per heavy atom. The number of benzene rings is 1. The summed E-state index contributed by atoms with van der Waals surface area (Å²) in [7, 11) is -1.78. The van der Waals surface area contributed by atoms with Crippen molar-refractivity contribution in [1.82, 2.24) is 4.67 Å². The molecule has 1 unspecified atom stereocenters. The van der Waals surface area contributed by atoms with Gasteiger partial charge in [-0.25, -0.2) is 4.67 Å². The summed E-state index contributed by atoms with van der Waals surface area (Å²) in [6.07, 6.45) is 0. The first-order valence-electron chi connectivity index (χ1n) is 5.01. The van der Waals surface area contributed by atoms with E-state index in [0.29, 0.717) is 11.3 Å². The van der Waals surface area contributed by atoms with Crippen LogP contribution in [0.25, 0.3) is 0 Å². The summed E-state index contributed by atoms with van der Waals surface area (Å²) in [5, 5.41) is 0. The van der Waals surface area contributed by atoms with Crippen LogP contribution in [-0.4, -0.2) is 30.1 Å². The van der Waals surface area contributed by atoms with Crippen molar-refractivity contribution in [2.24, 2.45) is 0 Å². The van der Waals surface area contributed by atoms with E-state index in [0.717, 1.165) is 4.67 Å². The summed E-state index contributed by atoms with van der Waals surface area (Å²) in [5.74, 6) is -0.143. The molecule has 92 valence electrons. The molecule has 17 heavy (non-hydrogen) atoms. The van der Waals surface area contributed by atoms with Gasteiger partial charge in [-0.05, 0) is 12.1 Å². The smallest absolute Gasteiger partial charge is 0.290 e. The van der Waals surface area contributed by atoms with Crippen molar-refractivity contribution < 1.29 is 9.69 Å². The molecule has 7 heteroatoms. The summed E-state index contributed by atoms with van der Waals surface area (Å²) in [6.45, 7) is 0.167. The fraction of sp³-hybridized carbons (Fsp3) is 0.300. The second-order valence-electron chi connectivity index (χ2n) is 3.63. The third-order valence-electron chi connectivity index (χ3n) is 2.68. The summed E-state index contributed by atoms with van der Waals surface area (Å²) < 4.78 is 2.59. The Morgan fingerprint density at radius 2 is 2.06 bits per heavy atom. The van der Waals surface area contributed by atoms with E-state index in [-0.39, 0.29) is 18.3 Å². The second-order valence-corrected chi connectivity index (χ2v) is 7.36. The van der Waals surface area contributed by atoms with E-state index in [2.05, 4.69) is 0 Å². The van der Waals surface area contributed by atoms with Crippen LogP contribution in [0.2, 0.25) is 0 Å². The SMILES string of the molecule is CN1c2ccccc2C(=O)N(CCCl)[P+]1([O-])Cl. The molecule has 0 saturated heterocycles.